The minimum atomic E-state index is -0.443. The van der Waals surface area contributed by atoms with Gasteiger partial charge in [0.2, 0.25) is 4.96 Å². The van der Waals surface area contributed by atoms with Crippen molar-refractivity contribution in [2.24, 2.45) is 0 Å². The van der Waals surface area contributed by atoms with Crippen LogP contribution in [-0.2, 0) is 0 Å². The molecule has 10 heteroatoms. The number of thiazole rings is 1. The first-order valence-electron chi connectivity index (χ1n) is 10.9. The Morgan fingerprint density at radius 3 is 2.22 bits per heavy atom. The number of nitro benzene ring substituents is 1. The third-order valence-corrected chi connectivity index (χ3v) is 6.57. The van der Waals surface area contributed by atoms with Crippen LogP contribution in [0.1, 0.15) is 5.56 Å². The van der Waals surface area contributed by atoms with Crippen molar-refractivity contribution in [1.29, 1.82) is 0 Å². The number of fused-ring (bicyclic) bond motifs is 1. The summed E-state index contributed by atoms with van der Waals surface area (Å²) in [6.07, 6.45) is 3.59. The van der Waals surface area contributed by atoms with Gasteiger partial charge in [0, 0.05) is 35.0 Å². The van der Waals surface area contributed by atoms with E-state index in [2.05, 4.69) is 10.1 Å². The molecule has 0 aliphatic carbocycles. The van der Waals surface area contributed by atoms with Crippen molar-refractivity contribution in [3.63, 3.8) is 0 Å². The normalized spacial score (nSPS) is 11.8. The zero-order valence-electron chi connectivity index (χ0n) is 18.6. The highest BCUT2D eigenvalue weighted by molar-refractivity contribution is 7.15. The molecule has 3 heterocycles. The number of benzene rings is 3. The Balaban J connectivity index is 1.48. The molecule has 9 nitrogen and oxygen atoms in total. The molecule has 6 aromatic rings. The fourth-order valence-electron chi connectivity index (χ4n) is 3.86. The molecule has 0 N–H and O–H groups in total. The van der Waals surface area contributed by atoms with Gasteiger partial charge in [-0.2, -0.15) is 14.6 Å². The van der Waals surface area contributed by atoms with E-state index in [1.807, 2.05) is 66.9 Å². The van der Waals surface area contributed by atoms with Crippen molar-refractivity contribution < 1.29 is 4.92 Å². The van der Waals surface area contributed by atoms with E-state index in [1.165, 1.54) is 28.0 Å². The summed E-state index contributed by atoms with van der Waals surface area (Å²) in [6.45, 7) is 0. The average Bonchev–Trinajstić information content (AvgIpc) is 3.60. The highest BCUT2D eigenvalue weighted by atomic mass is 32.1. The van der Waals surface area contributed by atoms with E-state index in [0.29, 0.717) is 32.1 Å². The molecule has 36 heavy (non-hydrogen) atoms. The van der Waals surface area contributed by atoms with E-state index in [1.54, 1.807) is 22.9 Å². The van der Waals surface area contributed by atoms with Gasteiger partial charge in [0.05, 0.1) is 15.1 Å². The second-order valence-electron chi connectivity index (χ2n) is 7.93. The molecule has 0 spiro atoms. The van der Waals surface area contributed by atoms with E-state index >= 15 is 0 Å². The lowest BCUT2D eigenvalue weighted by molar-refractivity contribution is -0.384. The lowest BCUT2D eigenvalue weighted by Crippen LogP contribution is -2.23. The zero-order chi connectivity index (χ0) is 24.6. The number of hydrogen-bond acceptors (Lipinski definition) is 7. The number of rotatable bonds is 5. The first-order valence-corrected chi connectivity index (χ1v) is 11.7. The second-order valence-corrected chi connectivity index (χ2v) is 8.94. The Hall–Kier alpha value is -4.96. The van der Waals surface area contributed by atoms with Gasteiger partial charge < -0.3 is 0 Å². The summed E-state index contributed by atoms with van der Waals surface area (Å²) < 4.78 is 3.49. The van der Waals surface area contributed by atoms with Gasteiger partial charge in [0.15, 0.2) is 5.82 Å². The number of para-hydroxylation sites is 1. The quantitative estimate of drug-likeness (QED) is 0.265. The third kappa shape index (κ3) is 3.85. The molecule has 0 aliphatic heterocycles. The minimum Gasteiger partial charge on any atom is -0.266 e. The molecule has 0 saturated heterocycles. The first-order chi connectivity index (χ1) is 17.6. The Labute approximate surface area is 207 Å². The molecule has 0 fully saturated rings. The van der Waals surface area contributed by atoms with Crippen LogP contribution in [0.3, 0.4) is 0 Å². The number of hydrogen-bond donors (Lipinski definition) is 0. The Morgan fingerprint density at radius 2 is 1.56 bits per heavy atom. The maximum Gasteiger partial charge on any atom is 0.291 e. The molecular formula is C26H16N6O3S. The summed E-state index contributed by atoms with van der Waals surface area (Å²) in [5, 5.41) is 20.2. The van der Waals surface area contributed by atoms with Crippen molar-refractivity contribution in [2.75, 3.05) is 0 Å². The summed E-state index contributed by atoms with van der Waals surface area (Å²) in [7, 11) is 0. The maximum absolute atomic E-state index is 13.2. The monoisotopic (exact) mass is 492 g/mol. The molecule has 0 unspecified atom stereocenters. The fraction of sp³-hybridized carbons (Fsp3) is 0. The SMILES string of the molecule is O=c1/c(=C/c2cn(-c3ccccc3)nc2-c2ccc([N+](=O)[O-])cc2)sc2nc(-c3ccccc3)nn12. The predicted molar refractivity (Wildman–Crippen MR) is 137 cm³/mol. The number of non-ortho nitro benzene ring substituents is 1. The lowest BCUT2D eigenvalue weighted by atomic mass is 10.1. The molecule has 6 rings (SSSR count). The minimum absolute atomic E-state index is 0.00612. The van der Waals surface area contributed by atoms with E-state index < -0.39 is 4.92 Å². The summed E-state index contributed by atoms with van der Waals surface area (Å²) in [4.78, 5) is 28.8. The first kappa shape index (κ1) is 21.6. The van der Waals surface area contributed by atoms with Crippen LogP contribution in [0.25, 0.3) is 39.4 Å². The molecule has 0 amide bonds. The molecular weight excluding hydrogens is 476 g/mol. The van der Waals surface area contributed by atoms with Gasteiger partial charge >= 0.3 is 0 Å². The van der Waals surface area contributed by atoms with Gasteiger partial charge in [-0.05, 0) is 30.3 Å². The van der Waals surface area contributed by atoms with Crippen molar-refractivity contribution in [3.05, 3.63) is 122 Å². The predicted octanol–water partition coefficient (Wildman–Crippen LogP) is 4.13. The highest BCUT2D eigenvalue weighted by Gasteiger charge is 2.16. The Morgan fingerprint density at radius 1 is 0.861 bits per heavy atom. The maximum atomic E-state index is 13.2. The van der Waals surface area contributed by atoms with Crippen molar-refractivity contribution >= 4 is 28.1 Å². The molecule has 174 valence electrons. The summed E-state index contributed by atoms with van der Waals surface area (Å²) >= 11 is 1.24. The van der Waals surface area contributed by atoms with E-state index in [9.17, 15) is 14.9 Å². The van der Waals surface area contributed by atoms with Crippen molar-refractivity contribution in [2.45, 2.75) is 0 Å². The van der Waals surface area contributed by atoms with Gasteiger partial charge in [0.1, 0.15) is 5.69 Å². The number of nitro groups is 1. The highest BCUT2D eigenvalue weighted by Crippen LogP contribution is 2.26. The van der Waals surface area contributed by atoms with Gasteiger partial charge in [-0.3, -0.25) is 14.9 Å². The van der Waals surface area contributed by atoms with E-state index in [4.69, 9.17) is 5.10 Å². The molecule has 3 aromatic heterocycles. The van der Waals surface area contributed by atoms with Crippen molar-refractivity contribution in [1.82, 2.24) is 24.4 Å². The average molecular weight is 493 g/mol. The van der Waals surface area contributed by atoms with Crippen LogP contribution in [0.2, 0.25) is 0 Å². The topological polar surface area (TPSA) is 108 Å². The molecule has 0 atom stereocenters. The molecule has 3 aromatic carbocycles. The van der Waals surface area contributed by atoms with Crippen LogP contribution < -0.4 is 10.1 Å². The molecule has 0 saturated carbocycles. The van der Waals surface area contributed by atoms with Gasteiger partial charge in [0.25, 0.3) is 11.2 Å². The van der Waals surface area contributed by atoms with E-state index in [-0.39, 0.29) is 11.2 Å². The summed E-state index contributed by atoms with van der Waals surface area (Å²) in [5.41, 5.74) is 3.38. The Bertz CT molecular complexity index is 1820. The third-order valence-electron chi connectivity index (χ3n) is 5.62. The van der Waals surface area contributed by atoms with Crippen molar-refractivity contribution in [3.8, 4) is 28.3 Å². The van der Waals surface area contributed by atoms with Crippen LogP contribution in [-0.4, -0.2) is 29.3 Å². The van der Waals surface area contributed by atoms with Crippen LogP contribution in [0, 0.1) is 10.1 Å². The van der Waals surface area contributed by atoms with Gasteiger partial charge in [-0.15, -0.1) is 5.10 Å². The molecule has 0 radical (unpaired) electrons. The fourth-order valence-corrected chi connectivity index (χ4v) is 4.75. The van der Waals surface area contributed by atoms with E-state index in [0.717, 1.165) is 11.3 Å². The van der Waals surface area contributed by atoms with Crippen LogP contribution in [0.5, 0.6) is 0 Å². The molecule has 0 bridgehead atoms. The van der Waals surface area contributed by atoms with Crippen LogP contribution >= 0.6 is 11.3 Å². The standard InChI is InChI=1S/C26H16N6O3S/c33-25-22(36-26-27-24(29-31(25)26)18-7-3-1-4-8-18)15-19-16-30(20-9-5-2-6-10-20)28-23(19)17-11-13-21(14-12-17)32(34)35/h1-16H/b22-15-. The lowest BCUT2D eigenvalue weighted by Gasteiger charge is -2.00. The largest absolute Gasteiger partial charge is 0.291 e. The second kappa shape index (κ2) is 8.67. The van der Waals surface area contributed by atoms with Crippen LogP contribution in [0.15, 0.2) is 95.9 Å². The Kier molecular flexibility index (Phi) is 5.20. The number of aromatic nitrogens is 5. The summed E-state index contributed by atoms with van der Waals surface area (Å²) in [5.74, 6) is 0.494. The number of nitrogens with zero attached hydrogens (tertiary/aromatic N) is 6. The smallest absolute Gasteiger partial charge is 0.266 e. The molecule has 0 aliphatic rings. The van der Waals surface area contributed by atoms with Gasteiger partial charge in [-0.1, -0.05) is 59.9 Å². The zero-order valence-corrected chi connectivity index (χ0v) is 19.4. The summed E-state index contributed by atoms with van der Waals surface area (Å²) in [6, 6.07) is 25.2. The van der Waals surface area contributed by atoms with Gasteiger partial charge in [-0.25, -0.2) is 4.68 Å². The van der Waals surface area contributed by atoms with Crippen LogP contribution in [0.4, 0.5) is 5.69 Å².